The summed E-state index contributed by atoms with van der Waals surface area (Å²) in [6.45, 7) is 0. The summed E-state index contributed by atoms with van der Waals surface area (Å²) < 4.78 is 0. The second-order valence-corrected chi connectivity index (χ2v) is 4.28. The molecule has 0 heterocycles. The van der Waals surface area contributed by atoms with Gasteiger partial charge < -0.3 is 20.4 Å². The van der Waals surface area contributed by atoms with E-state index in [1.165, 1.54) is 12.1 Å². The highest BCUT2D eigenvalue weighted by Gasteiger charge is 2.58. The van der Waals surface area contributed by atoms with Gasteiger partial charge in [-0.05, 0) is 0 Å². The molecule has 0 radical (unpaired) electrons. The van der Waals surface area contributed by atoms with Crippen molar-refractivity contribution in [3.63, 3.8) is 0 Å². The molecular formula is C13H12O6. The number of hydrogen-bond acceptors (Lipinski definition) is 6. The summed E-state index contributed by atoms with van der Waals surface area (Å²) in [5, 5.41) is 38.3. The minimum absolute atomic E-state index is 0.145. The number of carbonyl (C=O) groups excluding carboxylic acids is 2. The smallest absolute Gasteiger partial charge is 0.285 e. The van der Waals surface area contributed by atoms with Gasteiger partial charge in [0.1, 0.15) is 0 Å². The average Bonchev–Trinajstić information content (AvgIpc) is 2.37. The Kier molecular flexibility index (Phi) is 3.11. The summed E-state index contributed by atoms with van der Waals surface area (Å²) in [6.07, 6.45) is 0.520. The number of aliphatic hydroxyl groups is 4. The Bertz CT molecular complexity index is 556. The zero-order valence-electron chi connectivity index (χ0n) is 9.78. The van der Waals surface area contributed by atoms with E-state index in [1.807, 2.05) is 0 Å². The molecule has 100 valence electrons. The Morgan fingerprint density at radius 3 is 2.16 bits per heavy atom. The Morgan fingerprint density at radius 2 is 1.58 bits per heavy atom. The number of allylic oxidation sites excluding steroid dienone is 1. The van der Waals surface area contributed by atoms with Crippen LogP contribution < -0.4 is 0 Å². The van der Waals surface area contributed by atoms with E-state index >= 15 is 0 Å². The predicted octanol–water partition coefficient (Wildman–Crippen LogP) is -0.870. The molecule has 0 spiro atoms. The summed E-state index contributed by atoms with van der Waals surface area (Å²) in [6, 6.07) is 7.69. The van der Waals surface area contributed by atoms with Crippen LogP contribution in [0.1, 0.15) is 16.8 Å². The number of Topliss-reactive ketones (excluding diaryl/α,β-unsaturated/α-hetero) is 2. The number of carbonyl (C=O) groups is 2. The second-order valence-electron chi connectivity index (χ2n) is 4.28. The summed E-state index contributed by atoms with van der Waals surface area (Å²) in [4.78, 5) is 23.3. The molecular weight excluding hydrogens is 252 g/mol. The third-order valence-corrected chi connectivity index (χ3v) is 3.02. The van der Waals surface area contributed by atoms with E-state index in [4.69, 9.17) is 0 Å². The van der Waals surface area contributed by atoms with Gasteiger partial charge in [0.25, 0.3) is 11.6 Å². The fourth-order valence-corrected chi connectivity index (χ4v) is 1.86. The summed E-state index contributed by atoms with van der Waals surface area (Å²) in [5.74, 6) is -8.72. The molecule has 0 saturated heterocycles. The van der Waals surface area contributed by atoms with Gasteiger partial charge in [0.15, 0.2) is 5.78 Å². The van der Waals surface area contributed by atoms with Crippen molar-refractivity contribution in [3.8, 4) is 0 Å². The normalized spacial score (nSPS) is 20.8. The van der Waals surface area contributed by atoms with Crippen LogP contribution in [0.4, 0.5) is 0 Å². The molecule has 0 fully saturated rings. The first-order valence-electron chi connectivity index (χ1n) is 5.51. The van der Waals surface area contributed by atoms with E-state index in [9.17, 15) is 30.0 Å². The molecule has 0 unspecified atom stereocenters. The first-order valence-corrected chi connectivity index (χ1v) is 5.51. The lowest BCUT2D eigenvalue weighted by atomic mass is 9.82. The molecule has 0 aromatic heterocycles. The van der Waals surface area contributed by atoms with E-state index in [2.05, 4.69) is 0 Å². The van der Waals surface area contributed by atoms with Gasteiger partial charge in [-0.2, -0.15) is 0 Å². The lowest BCUT2D eigenvalue weighted by molar-refractivity contribution is -0.318. The molecule has 0 amide bonds. The molecule has 1 aromatic rings. The van der Waals surface area contributed by atoms with Crippen LogP contribution in [0.5, 0.6) is 0 Å². The molecule has 0 bridgehead atoms. The van der Waals surface area contributed by atoms with E-state index in [1.54, 1.807) is 18.2 Å². The van der Waals surface area contributed by atoms with Crippen LogP contribution in [-0.2, 0) is 4.79 Å². The summed E-state index contributed by atoms with van der Waals surface area (Å²) in [7, 11) is 0. The van der Waals surface area contributed by atoms with Gasteiger partial charge in [-0.3, -0.25) is 9.59 Å². The van der Waals surface area contributed by atoms with Gasteiger partial charge in [0, 0.05) is 12.0 Å². The molecule has 1 aliphatic carbocycles. The predicted molar refractivity (Wildman–Crippen MR) is 62.8 cm³/mol. The van der Waals surface area contributed by atoms with Gasteiger partial charge >= 0.3 is 0 Å². The number of rotatable bonds is 2. The van der Waals surface area contributed by atoms with Crippen molar-refractivity contribution in [2.24, 2.45) is 0 Å². The van der Waals surface area contributed by atoms with Crippen molar-refractivity contribution in [1.29, 1.82) is 0 Å². The molecule has 1 aliphatic rings. The van der Waals surface area contributed by atoms with Gasteiger partial charge in [-0.1, -0.05) is 36.4 Å². The van der Waals surface area contributed by atoms with Gasteiger partial charge in [-0.25, -0.2) is 0 Å². The third kappa shape index (κ3) is 2.00. The van der Waals surface area contributed by atoms with Crippen LogP contribution in [0.3, 0.4) is 0 Å². The average molecular weight is 264 g/mol. The molecule has 4 N–H and O–H groups in total. The molecule has 19 heavy (non-hydrogen) atoms. The van der Waals surface area contributed by atoms with Crippen molar-refractivity contribution < 1.29 is 30.0 Å². The van der Waals surface area contributed by atoms with Gasteiger partial charge in [0.05, 0.1) is 5.57 Å². The molecule has 0 saturated carbocycles. The highest BCUT2D eigenvalue weighted by Crippen LogP contribution is 2.33. The van der Waals surface area contributed by atoms with E-state index in [-0.39, 0.29) is 5.56 Å². The van der Waals surface area contributed by atoms with Crippen molar-refractivity contribution in [1.82, 2.24) is 0 Å². The lowest BCUT2D eigenvalue weighted by Crippen LogP contribution is -2.63. The lowest BCUT2D eigenvalue weighted by Gasteiger charge is -2.37. The van der Waals surface area contributed by atoms with E-state index in [0.29, 0.717) is 0 Å². The zero-order chi connectivity index (χ0) is 14.3. The van der Waals surface area contributed by atoms with E-state index < -0.39 is 35.1 Å². The Hall–Kier alpha value is -1.86. The van der Waals surface area contributed by atoms with Crippen LogP contribution in [0.25, 0.3) is 0 Å². The Morgan fingerprint density at radius 1 is 1.00 bits per heavy atom. The van der Waals surface area contributed by atoms with Crippen LogP contribution in [0, 0.1) is 0 Å². The molecule has 0 aliphatic heterocycles. The zero-order valence-corrected chi connectivity index (χ0v) is 9.78. The van der Waals surface area contributed by atoms with Crippen LogP contribution >= 0.6 is 0 Å². The monoisotopic (exact) mass is 264 g/mol. The second kappa shape index (κ2) is 4.36. The summed E-state index contributed by atoms with van der Waals surface area (Å²) >= 11 is 0. The quantitative estimate of drug-likeness (QED) is 0.408. The van der Waals surface area contributed by atoms with E-state index in [0.717, 1.165) is 6.08 Å². The van der Waals surface area contributed by atoms with Crippen LogP contribution in [-0.4, -0.2) is 43.6 Å². The standard InChI is InChI=1S/C13H12O6/c14-10-7-6-9(12(16,17)13(10,18)19)11(15)8-4-2-1-3-5-8/h1-6,16-19H,7H2. The molecule has 0 atom stereocenters. The van der Waals surface area contributed by atoms with Gasteiger partial charge in [-0.15, -0.1) is 0 Å². The first-order chi connectivity index (χ1) is 8.78. The van der Waals surface area contributed by atoms with Crippen molar-refractivity contribution in [2.75, 3.05) is 0 Å². The number of ketones is 2. The molecule has 6 nitrogen and oxygen atoms in total. The first kappa shape index (κ1) is 13.6. The topological polar surface area (TPSA) is 115 Å². The van der Waals surface area contributed by atoms with Crippen LogP contribution in [0.2, 0.25) is 0 Å². The summed E-state index contributed by atoms with van der Waals surface area (Å²) in [5.41, 5.74) is -0.491. The van der Waals surface area contributed by atoms with Gasteiger partial charge in [0.2, 0.25) is 5.78 Å². The maximum atomic E-state index is 12.1. The Labute approximate surface area is 108 Å². The highest BCUT2D eigenvalue weighted by atomic mass is 16.6. The SMILES string of the molecule is O=C(C1=CCC(=O)C(O)(O)C1(O)O)c1ccccc1. The number of benzene rings is 1. The maximum Gasteiger partial charge on any atom is 0.285 e. The van der Waals surface area contributed by atoms with Crippen LogP contribution in [0.15, 0.2) is 42.0 Å². The minimum atomic E-state index is -3.40. The largest absolute Gasteiger partial charge is 0.357 e. The third-order valence-electron chi connectivity index (χ3n) is 3.02. The molecule has 2 rings (SSSR count). The maximum absolute atomic E-state index is 12.1. The van der Waals surface area contributed by atoms with Crippen molar-refractivity contribution >= 4 is 11.6 Å². The molecule has 1 aromatic carbocycles. The minimum Gasteiger partial charge on any atom is -0.357 e. The molecule has 6 heteroatoms. The van der Waals surface area contributed by atoms with Crippen molar-refractivity contribution in [3.05, 3.63) is 47.5 Å². The highest BCUT2D eigenvalue weighted by molar-refractivity contribution is 6.12. The fourth-order valence-electron chi connectivity index (χ4n) is 1.86. The van der Waals surface area contributed by atoms with Crippen molar-refractivity contribution in [2.45, 2.75) is 18.0 Å². The fraction of sp³-hybridized carbons (Fsp3) is 0.231. The Balaban J connectivity index is 2.46. The number of hydrogen-bond donors (Lipinski definition) is 4.